The van der Waals surface area contributed by atoms with Gasteiger partial charge in [0.15, 0.2) is 0 Å². The molecule has 27 heavy (non-hydrogen) atoms. The van der Waals surface area contributed by atoms with Gasteiger partial charge in [0, 0.05) is 26.2 Å². The SMILES string of the molecule is CC(C)(C)[C@H](N)C(=O)NCc1cccc(OCCN2CCOCC2)c1.Cl.Cl. The van der Waals surface area contributed by atoms with Crippen LogP contribution in [0.1, 0.15) is 26.3 Å². The normalized spacial score (nSPS) is 15.9. The molecule has 2 rings (SSSR count). The molecule has 1 saturated heterocycles. The molecule has 156 valence electrons. The zero-order valence-electron chi connectivity index (χ0n) is 16.4. The molecule has 6 nitrogen and oxygen atoms in total. The van der Waals surface area contributed by atoms with Crippen molar-refractivity contribution in [1.29, 1.82) is 0 Å². The molecule has 0 radical (unpaired) electrons. The van der Waals surface area contributed by atoms with Gasteiger partial charge in [0.2, 0.25) is 5.91 Å². The number of amides is 1. The molecule has 0 bridgehead atoms. The number of hydrogen-bond donors (Lipinski definition) is 2. The Kier molecular flexibility index (Phi) is 11.9. The fourth-order valence-electron chi connectivity index (χ4n) is 2.56. The van der Waals surface area contributed by atoms with E-state index in [0.29, 0.717) is 13.2 Å². The molecule has 1 aliphatic heterocycles. The highest BCUT2D eigenvalue weighted by Gasteiger charge is 2.27. The Morgan fingerprint density at radius 3 is 2.59 bits per heavy atom. The zero-order chi connectivity index (χ0) is 18.3. The predicted octanol–water partition coefficient (Wildman–Crippen LogP) is 2.23. The summed E-state index contributed by atoms with van der Waals surface area (Å²) in [5, 5.41) is 2.90. The quantitative estimate of drug-likeness (QED) is 0.705. The van der Waals surface area contributed by atoms with Crippen LogP contribution in [0.2, 0.25) is 0 Å². The van der Waals surface area contributed by atoms with Crippen molar-refractivity contribution in [3.63, 3.8) is 0 Å². The molecule has 1 atom stereocenters. The number of morpholine rings is 1. The van der Waals surface area contributed by atoms with E-state index in [1.54, 1.807) is 0 Å². The van der Waals surface area contributed by atoms with E-state index in [1.807, 2.05) is 45.0 Å². The second kappa shape index (κ2) is 12.4. The molecule has 0 saturated carbocycles. The van der Waals surface area contributed by atoms with Crippen LogP contribution >= 0.6 is 24.8 Å². The molecule has 1 aromatic rings. The molecule has 1 heterocycles. The number of carbonyl (C=O) groups excluding carboxylic acids is 1. The van der Waals surface area contributed by atoms with Crippen molar-refractivity contribution in [2.24, 2.45) is 11.1 Å². The van der Waals surface area contributed by atoms with E-state index in [9.17, 15) is 4.79 Å². The zero-order valence-corrected chi connectivity index (χ0v) is 18.0. The number of carbonyl (C=O) groups is 1. The number of hydrogen-bond acceptors (Lipinski definition) is 5. The lowest BCUT2D eigenvalue weighted by atomic mass is 9.87. The van der Waals surface area contributed by atoms with Gasteiger partial charge in [-0.15, -0.1) is 24.8 Å². The molecule has 1 amide bonds. The van der Waals surface area contributed by atoms with Crippen molar-refractivity contribution in [3.8, 4) is 5.75 Å². The molecule has 0 aliphatic carbocycles. The molecule has 8 heteroatoms. The van der Waals surface area contributed by atoms with Gasteiger partial charge in [0.05, 0.1) is 19.3 Å². The lowest BCUT2D eigenvalue weighted by molar-refractivity contribution is -0.124. The van der Waals surface area contributed by atoms with Crippen LogP contribution < -0.4 is 15.8 Å². The third-order valence-corrected chi connectivity index (χ3v) is 4.36. The highest BCUT2D eigenvalue weighted by atomic mass is 35.5. The van der Waals surface area contributed by atoms with Crippen molar-refractivity contribution < 1.29 is 14.3 Å². The highest BCUT2D eigenvalue weighted by Crippen LogP contribution is 2.18. The first-order chi connectivity index (χ1) is 11.9. The van der Waals surface area contributed by atoms with Crippen LogP contribution in [0.15, 0.2) is 24.3 Å². The van der Waals surface area contributed by atoms with Gasteiger partial charge in [-0.25, -0.2) is 0 Å². The first-order valence-corrected chi connectivity index (χ1v) is 8.91. The summed E-state index contributed by atoms with van der Waals surface area (Å²) in [5.41, 5.74) is 6.72. The van der Waals surface area contributed by atoms with Gasteiger partial charge in [-0.05, 0) is 23.1 Å². The number of nitrogens with zero attached hydrogens (tertiary/aromatic N) is 1. The molecule has 1 fully saturated rings. The summed E-state index contributed by atoms with van der Waals surface area (Å²) in [5.74, 6) is 0.686. The van der Waals surface area contributed by atoms with Crippen molar-refractivity contribution in [2.45, 2.75) is 33.4 Å². The smallest absolute Gasteiger partial charge is 0.237 e. The van der Waals surface area contributed by atoms with Gasteiger partial charge >= 0.3 is 0 Å². The Morgan fingerprint density at radius 1 is 1.30 bits per heavy atom. The second-order valence-electron chi connectivity index (χ2n) is 7.51. The Balaban J connectivity index is 0.00000338. The van der Waals surface area contributed by atoms with Gasteiger partial charge in [-0.3, -0.25) is 9.69 Å². The summed E-state index contributed by atoms with van der Waals surface area (Å²) >= 11 is 0. The van der Waals surface area contributed by atoms with Gasteiger partial charge < -0.3 is 20.5 Å². The first-order valence-electron chi connectivity index (χ1n) is 8.91. The molecule has 0 unspecified atom stereocenters. The van der Waals surface area contributed by atoms with Crippen molar-refractivity contribution in [2.75, 3.05) is 39.5 Å². The first kappa shape index (κ1) is 26.0. The molecule has 1 aromatic carbocycles. The maximum atomic E-state index is 12.1. The van der Waals surface area contributed by atoms with Gasteiger partial charge in [-0.1, -0.05) is 32.9 Å². The van der Waals surface area contributed by atoms with Crippen molar-refractivity contribution in [3.05, 3.63) is 29.8 Å². The molecular formula is C19H33Cl2N3O3. The maximum Gasteiger partial charge on any atom is 0.237 e. The number of nitrogens with two attached hydrogens (primary N) is 1. The number of halogens is 2. The molecular weight excluding hydrogens is 389 g/mol. The molecule has 3 N–H and O–H groups in total. The fraction of sp³-hybridized carbons (Fsp3) is 0.632. The van der Waals surface area contributed by atoms with E-state index >= 15 is 0 Å². The van der Waals surface area contributed by atoms with Crippen LogP contribution in [0.4, 0.5) is 0 Å². The Bertz CT molecular complexity index is 561. The number of benzene rings is 1. The third kappa shape index (κ3) is 9.12. The molecule has 0 aromatic heterocycles. The minimum atomic E-state index is -0.527. The van der Waals surface area contributed by atoms with E-state index in [0.717, 1.165) is 44.2 Å². The van der Waals surface area contributed by atoms with E-state index in [4.69, 9.17) is 15.2 Å². The van der Waals surface area contributed by atoms with E-state index in [2.05, 4.69) is 10.2 Å². The monoisotopic (exact) mass is 421 g/mol. The number of ether oxygens (including phenoxy) is 2. The van der Waals surface area contributed by atoms with Gasteiger partial charge in [-0.2, -0.15) is 0 Å². The Labute approximate surface area is 175 Å². The van der Waals surface area contributed by atoms with Crippen LogP contribution in [0, 0.1) is 5.41 Å². The minimum absolute atomic E-state index is 0. The average molecular weight is 422 g/mol. The minimum Gasteiger partial charge on any atom is -0.492 e. The molecule has 1 aliphatic rings. The van der Waals surface area contributed by atoms with E-state index in [-0.39, 0.29) is 36.1 Å². The lowest BCUT2D eigenvalue weighted by Gasteiger charge is -2.26. The van der Waals surface area contributed by atoms with E-state index < -0.39 is 6.04 Å². The Morgan fingerprint density at radius 2 is 1.96 bits per heavy atom. The van der Waals surface area contributed by atoms with Crippen LogP contribution in [0.25, 0.3) is 0 Å². The largest absolute Gasteiger partial charge is 0.492 e. The van der Waals surface area contributed by atoms with Crippen LogP contribution in [-0.2, 0) is 16.1 Å². The van der Waals surface area contributed by atoms with Gasteiger partial charge in [0.25, 0.3) is 0 Å². The highest BCUT2D eigenvalue weighted by molar-refractivity contribution is 5.85. The van der Waals surface area contributed by atoms with Crippen molar-refractivity contribution in [1.82, 2.24) is 10.2 Å². The predicted molar refractivity (Wildman–Crippen MR) is 113 cm³/mol. The van der Waals surface area contributed by atoms with Crippen LogP contribution in [-0.4, -0.2) is 56.3 Å². The summed E-state index contributed by atoms with van der Waals surface area (Å²) in [6.07, 6.45) is 0. The van der Waals surface area contributed by atoms with E-state index in [1.165, 1.54) is 0 Å². The summed E-state index contributed by atoms with van der Waals surface area (Å²) in [4.78, 5) is 14.4. The standard InChI is InChI=1S/C19H31N3O3.2ClH/c1-19(2,3)17(20)18(23)21-14-15-5-4-6-16(13-15)25-12-9-22-7-10-24-11-8-22;;/h4-6,13,17H,7-12,14,20H2,1-3H3,(H,21,23);2*1H/t17-;;/m1../s1. The Hall–Kier alpha value is -1.05. The maximum absolute atomic E-state index is 12.1. The van der Waals surface area contributed by atoms with Gasteiger partial charge in [0.1, 0.15) is 12.4 Å². The summed E-state index contributed by atoms with van der Waals surface area (Å²) in [6.45, 7) is 11.4. The summed E-state index contributed by atoms with van der Waals surface area (Å²) in [6, 6.07) is 7.28. The van der Waals surface area contributed by atoms with Crippen molar-refractivity contribution >= 4 is 30.7 Å². The van der Waals surface area contributed by atoms with Crippen LogP contribution in [0.3, 0.4) is 0 Å². The second-order valence-corrected chi connectivity index (χ2v) is 7.51. The van der Waals surface area contributed by atoms with Crippen LogP contribution in [0.5, 0.6) is 5.75 Å². The lowest BCUT2D eigenvalue weighted by Crippen LogP contribution is -2.48. The third-order valence-electron chi connectivity index (χ3n) is 4.36. The number of rotatable bonds is 7. The topological polar surface area (TPSA) is 76.8 Å². The molecule has 0 spiro atoms. The summed E-state index contributed by atoms with van der Waals surface area (Å²) < 4.78 is 11.2. The average Bonchev–Trinajstić information content (AvgIpc) is 2.59. The summed E-state index contributed by atoms with van der Waals surface area (Å²) in [7, 11) is 0. The fourth-order valence-corrected chi connectivity index (χ4v) is 2.56. The number of nitrogens with one attached hydrogen (secondary N) is 1.